The van der Waals surface area contributed by atoms with Gasteiger partial charge in [0.15, 0.2) is 0 Å². The van der Waals surface area contributed by atoms with Gasteiger partial charge < -0.3 is 19.9 Å². The Balaban J connectivity index is 1.76. The molecule has 43 heavy (non-hydrogen) atoms. The first-order valence-corrected chi connectivity index (χ1v) is 13.3. The van der Waals surface area contributed by atoms with Crippen LogP contribution in [-0.2, 0) is 5.60 Å². The molecule has 0 saturated heterocycles. The first-order chi connectivity index (χ1) is 20.2. The second-order valence-electron chi connectivity index (χ2n) is 9.51. The van der Waals surface area contributed by atoms with E-state index in [1.165, 1.54) is 38.3 Å². The van der Waals surface area contributed by atoms with Crippen molar-refractivity contribution in [1.82, 2.24) is 15.3 Å². The Morgan fingerprint density at radius 2 is 1.77 bits per heavy atom. The molecule has 0 fully saturated rings. The van der Waals surface area contributed by atoms with E-state index in [1.54, 1.807) is 6.92 Å². The van der Waals surface area contributed by atoms with Crippen molar-refractivity contribution >= 4 is 40.0 Å². The maximum atomic E-state index is 14.5. The van der Waals surface area contributed by atoms with Crippen LogP contribution in [0.25, 0.3) is 22.2 Å². The molecule has 2 N–H and O–H groups in total. The van der Waals surface area contributed by atoms with Crippen LogP contribution in [0.3, 0.4) is 0 Å². The summed E-state index contributed by atoms with van der Waals surface area (Å²) in [5.74, 6) is -1.68. The molecule has 0 radical (unpaired) electrons. The fourth-order valence-corrected chi connectivity index (χ4v) is 4.63. The SMILES string of the molecule is COc1cc(C(=O)NC[C@](O)(c2cc(C)c(OCCF)c(-c3ccc(F)c(Cl)c3)n2)C(F)(F)F)cc2cc(Cl)c(C)nc12. The van der Waals surface area contributed by atoms with E-state index in [0.717, 1.165) is 18.2 Å². The summed E-state index contributed by atoms with van der Waals surface area (Å²) in [5.41, 5.74) is -3.94. The van der Waals surface area contributed by atoms with Gasteiger partial charge in [0.05, 0.1) is 35.1 Å². The molecule has 0 unspecified atom stereocenters. The van der Waals surface area contributed by atoms with Gasteiger partial charge in [-0.3, -0.25) is 4.79 Å². The summed E-state index contributed by atoms with van der Waals surface area (Å²) < 4.78 is 80.9. The minimum atomic E-state index is -5.34. The number of pyridine rings is 2. The molecular formula is C29H24Cl2F5N3O4. The third-order valence-corrected chi connectivity index (χ3v) is 7.24. The molecule has 4 rings (SSSR count). The number of benzene rings is 2. The zero-order valence-electron chi connectivity index (χ0n) is 22.9. The number of carbonyl (C=O) groups excluding carboxylic acids is 1. The fraction of sp³-hybridized carbons (Fsp3) is 0.276. The lowest BCUT2D eigenvalue weighted by Crippen LogP contribution is -2.51. The lowest BCUT2D eigenvalue weighted by atomic mass is 9.94. The van der Waals surface area contributed by atoms with Crippen LogP contribution < -0.4 is 14.8 Å². The van der Waals surface area contributed by atoms with Crippen LogP contribution in [0.5, 0.6) is 11.5 Å². The average Bonchev–Trinajstić information content (AvgIpc) is 2.95. The van der Waals surface area contributed by atoms with E-state index in [0.29, 0.717) is 21.6 Å². The smallest absolute Gasteiger partial charge is 0.424 e. The molecule has 0 aliphatic rings. The largest absolute Gasteiger partial charge is 0.494 e. The minimum absolute atomic E-state index is 0.0459. The molecule has 0 spiro atoms. The summed E-state index contributed by atoms with van der Waals surface area (Å²) in [5, 5.41) is 13.5. The van der Waals surface area contributed by atoms with Crippen molar-refractivity contribution in [3.8, 4) is 22.8 Å². The summed E-state index contributed by atoms with van der Waals surface area (Å²) in [6.45, 7) is 0.337. The Bertz CT molecular complexity index is 1700. The summed E-state index contributed by atoms with van der Waals surface area (Å²) in [4.78, 5) is 21.4. The van der Waals surface area contributed by atoms with E-state index < -0.39 is 49.0 Å². The molecule has 2 aromatic heterocycles. The van der Waals surface area contributed by atoms with Crippen molar-refractivity contribution in [1.29, 1.82) is 0 Å². The predicted molar refractivity (Wildman–Crippen MR) is 151 cm³/mol. The monoisotopic (exact) mass is 643 g/mol. The Labute approximate surface area is 252 Å². The first kappa shape index (κ1) is 32.2. The first-order valence-electron chi connectivity index (χ1n) is 12.6. The standard InChI is InChI=1S/C29H24Cl2F5N3O4/c1-14-8-23(39-25(26(14)43-7-6-32)16-4-5-21(33)20(31)10-16)28(41,29(34,35)36)13-37-27(40)18-9-17-11-19(30)15(2)38-24(17)22(12-18)42-3/h4-5,8-12,41H,6-7,13H2,1-3H3,(H,37,40)/t28-/m0/s1. The number of ether oxygens (including phenoxy) is 2. The van der Waals surface area contributed by atoms with Gasteiger partial charge in [-0.1, -0.05) is 23.2 Å². The lowest BCUT2D eigenvalue weighted by molar-refractivity contribution is -0.265. The number of methoxy groups -OCH3 is 1. The number of halogens is 7. The number of aliphatic hydroxyl groups is 1. The van der Waals surface area contributed by atoms with Gasteiger partial charge in [0.1, 0.15) is 41.8 Å². The van der Waals surface area contributed by atoms with Crippen LogP contribution >= 0.6 is 23.2 Å². The molecule has 1 atom stereocenters. The van der Waals surface area contributed by atoms with Crippen LogP contribution in [0, 0.1) is 19.7 Å². The summed E-state index contributed by atoms with van der Waals surface area (Å²) in [6, 6.07) is 8.38. The summed E-state index contributed by atoms with van der Waals surface area (Å²) in [6.07, 6.45) is -5.34. The number of hydrogen-bond acceptors (Lipinski definition) is 6. The number of carbonyl (C=O) groups is 1. The lowest BCUT2D eigenvalue weighted by Gasteiger charge is -2.31. The van der Waals surface area contributed by atoms with E-state index in [4.69, 9.17) is 32.7 Å². The number of amides is 1. The zero-order valence-corrected chi connectivity index (χ0v) is 24.4. The highest BCUT2D eigenvalue weighted by Gasteiger charge is 2.56. The van der Waals surface area contributed by atoms with Crippen molar-refractivity contribution in [3.63, 3.8) is 0 Å². The van der Waals surface area contributed by atoms with E-state index in [-0.39, 0.29) is 38.9 Å². The highest BCUT2D eigenvalue weighted by Crippen LogP contribution is 2.42. The van der Waals surface area contributed by atoms with Gasteiger partial charge in [-0.15, -0.1) is 0 Å². The summed E-state index contributed by atoms with van der Waals surface area (Å²) in [7, 11) is 1.34. The normalized spacial score (nSPS) is 13.1. The Kier molecular flexibility index (Phi) is 9.33. The van der Waals surface area contributed by atoms with Gasteiger partial charge in [0.25, 0.3) is 5.91 Å². The molecule has 0 aliphatic carbocycles. The summed E-state index contributed by atoms with van der Waals surface area (Å²) >= 11 is 12.0. The number of nitrogens with zero attached hydrogens (tertiary/aromatic N) is 2. The van der Waals surface area contributed by atoms with Gasteiger partial charge in [0.2, 0.25) is 5.60 Å². The van der Waals surface area contributed by atoms with Crippen LogP contribution in [0.4, 0.5) is 22.0 Å². The van der Waals surface area contributed by atoms with Gasteiger partial charge in [-0.05, 0) is 61.9 Å². The molecule has 0 bridgehead atoms. The van der Waals surface area contributed by atoms with Gasteiger partial charge in [0, 0.05) is 16.5 Å². The minimum Gasteiger partial charge on any atom is -0.494 e. The third kappa shape index (κ3) is 6.46. The Morgan fingerprint density at radius 1 is 1.05 bits per heavy atom. The van der Waals surface area contributed by atoms with Crippen molar-refractivity contribution in [2.45, 2.75) is 25.6 Å². The molecule has 0 saturated carbocycles. The molecule has 2 aromatic carbocycles. The van der Waals surface area contributed by atoms with Crippen molar-refractivity contribution < 1.29 is 41.3 Å². The zero-order chi connectivity index (χ0) is 31.7. The molecule has 0 aliphatic heterocycles. The number of aromatic nitrogens is 2. The number of aryl methyl sites for hydroxylation is 2. The van der Waals surface area contributed by atoms with Gasteiger partial charge >= 0.3 is 6.18 Å². The topological polar surface area (TPSA) is 93.6 Å². The number of alkyl halides is 4. The number of rotatable bonds is 9. The molecule has 228 valence electrons. The Morgan fingerprint density at radius 3 is 2.40 bits per heavy atom. The Hall–Kier alpha value is -3.74. The maximum absolute atomic E-state index is 14.5. The van der Waals surface area contributed by atoms with Crippen molar-refractivity contribution in [2.24, 2.45) is 0 Å². The van der Waals surface area contributed by atoms with Crippen LogP contribution in [0.2, 0.25) is 10.0 Å². The second kappa shape index (κ2) is 12.5. The fourth-order valence-electron chi connectivity index (χ4n) is 4.29. The number of hydrogen-bond donors (Lipinski definition) is 2. The number of fused-ring (bicyclic) bond motifs is 1. The molecule has 14 heteroatoms. The quantitative estimate of drug-likeness (QED) is 0.193. The van der Waals surface area contributed by atoms with Crippen LogP contribution in [-0.4, -0.2) is 54.1 Å². The molecular weight excluding hydrogens is 620 g/mol. The average molecular weight is 644 g/mol. The maximum Gasteiger partial charge on any atom is 0.424 e. The highest BCUT2D eigenvalue weighted by atomic mass is 35.5. The third-order valence-electron chi connectivity index (χ3n) is 6.57. The van der Waals surface area contributed by atoms with E-state index in [2.05, 4.69) is 15.3 Å². The van der Waals surface area contributed by atoms with E-state index in [9.17, 15) is 31.9 Å². The molecule has 7 nitrogen and oxygen atoms in total. The van der Waals surface area contributed by atoms with Crippen molar-refractivity contribution in [3.05, 3.63) is 80.8 Å². The number of nitrogens with one attached hydrogen (secondary N) is 1. The van der Waals surface area contributed by atoms with Gasteiger partial charge in [-0.25, -0.2) is 18.7 Å². The van der Waals surface area contributed by atoms with Crippen LogP contribution in [0.1, 0.15) is 27.3 Å². The molecule has 1 amide bonds. The second-order valence-corrected chi connectivity index (χ2v) is 10.3. The highest BCUT2D eigenvalue weighted by molar-refractivity contribution is 6.32. The predicted octanol–water partition coefficient (Wildman–Crippen LogP) is 6.90. The van der Waals surface area contributed by atoms with Crippen LogP contribution in [0.15, 0.2) is 42.5 Å². The molecule has 4 aromatic rings. The molecule has 2 heterocycles. The van der Waals surface area contributed by atoms with E-state index >= 15 is 0 Å². The van der Waals surface area contributed by atoms with E-state index in [1.807, 2.05) is 0 Å². The van der Waals surface area contributed by atoms with Crippen molar-refractivity contribution in [2.75, 3.05) is 26.9 Å². The van der Waals surface area contributed by atoms with Gasteiger partial charge in [-0.2, -0.15) is 13.2 Å².